The number of nitrogens with zero attached hydrogens (tertiary/aromatic N) is 4. The van der Waals surface area contributed by atoms with Crippen molar-refractivity contribution < 1.29 is 4.39 Å². The van der Waals surface area contributed by atoms with E-state index in [9.17, 15) is 4.39 Å². The molecule has 0 atom stereocenters. The Morgan fingerprint density at radius 1 is 1.17 bits per heavy atom. The van der Waals surface area contributed by atoms with Crippen molar-refractivity contribution >= 4 is 21.9 Å². The third-order valence-electron chi connectivity index (χ3n) is 4.26. The number of hydrogen-bond acceptors (Lipinski definition) is 3. The van der Waals surface area contributed by atoms with Crippen molar-refractivity contribution in [3.05, 3.63) is 54.4 Å². The van der Waals surface area contributed by atoms with Gasteiger partial charge in [-0.3, -0.25) is 9.97 Å². The first-order chi connectivity index (χ1) is 11.2. The van der Waals surface area contributed by atoms with E-state index in [0.29, 0.717) is 12.0 Å². The molecule has 5 heteroatoms. The van der Waals surface area contributed by atoms with E-state index in [4.69, 9.17) is 0 Å². The molecule has 0 saturated carbocycles. The summed E-state index contributed by atoms with van der Waals surface area (Å²) in [5, 5.41) is 1.85. The fourth-order valence-electron chi connectivity index (χ4n) is 3.10. The molecule has 0 saturated heterocycles. The standard InChI is InChI=1S/C18H15FN4/c1-3-12-14(19)9-22-18-17(12)13-7-15(11-5-4-6-20-8-11)21-10-16(13)23(18)2/h4-10H,3H2,1-2H3. The first kappa shape index (κ1) is 13.8. The maximum atomic E-state index is 14.2. The number of aryl methyl sites for hydroxylation is 2. The van der Waals surface area contributed by atoms with Gasteiger partial charge in [0, 0.05) is 41.3 Å². The zero-order chi connectivity index (χ0) is 16.0. The minimum Gasteiger partial charge on any atom is -0.327 e. The van der Waals surface area contributed by atoms with Gasteiger partial charge in [-0.2, -0.15) is 0 Å². The summed E-state index contributed by atoms with van der Waals surface area (Å²) in [6.45, 7) is 1.96. The van der Waals surface area contributed by atoms with Crippen LogP contribution in [0.3, 0.4) is 0 Å². The Hall–Kier alpha value is -2.82. The normalized spacial score (nSPS) is 11.4. The van der Waals surface area contributed by atoms with Gasteiger partial charge >= 0.3 is 0 Å². The minimum atomic E-state index is -0.257. The van der Waals surface area contributed by atoms with Crippen LogP contribution in [-0.2, 0) is 13.5 Å². The molecule has 4 nitrogen and oxygen atoms in total. The second kappa shape index (κ2) is 5.12. The lowest BCUT2D eigenvalue weighted by molar-refractivity contribution is 0.609. The lowest BCUT2D eigenvalue weighted by Crippen LogP contribution is -1.94. The molecule has 4 heterocycles. The maximum Gasteiger partial charge on any atom is 0.145 e. The fraction of sp³-hybridized carbons (Fsp3) is 0.167. The summed E-state index contributed by atoms with van der Waals surface area (Å²) in [6, 6.07) is 5.84. The Morgan fingerprint density at radius 3 is 2.78 bits per heavy atom. The molecule has 4 aromatic heterocycles. The Bertz CT molecular complexity index is 1020. The predicted molar refractivity (Wildman–Crippen MR) is 88.6 cm³/mol. The molecule has 0 fully saturated rings. The Balaban J connectivity index is 2.11. The van der Waals surface area contributed by atoms with Gasteiger partial charge in [-0.05, 0) is 24.6 Å². The number of aromatic nitrogens is 4. The van der Waals surface area contributed by atoms with E-state index in [2.05, 4.69) is 15.0 Å². The highest BCUT2D eigenvalue weighted by molar-refractivity contribution is 6.09. The monoisotopic (exact) mass is 306 g/mol. The second-order valence-corrected chi connectivity index (χ2v) is 5.52. The van der Waals surface area contributed by atoms with Crippen LogP contribution < -0.4 is 0 Å². The molecule has 0 aliphatic rings. The van der Waals surface area contributed by atoms with Gasteiger partial charge in [-0.1, -0.05) is 6.92 Å². The summed E-state index contributed by atoms with van der Waals surface area (Å²) < 4.78 is 16.1. The number of pyridine rings is 3. The molecular weight excluding hydrogens is 291 g/mol. The van der Waals surface area contributed by atoms with Crippen molar-refractivity contribution in [3.8, 4) is 11.3 Å². The van der Waals surface area contributed by atoms with E-state index in [1.165, 1.54) is 6.20 Å². The van der Waals surface area contributed by atoms with Gasteiger partial charge in [0.2, 0.25) is 0 Å². The van der Waals surface area contributed by atoms with Gasteiger partial charge in [0.25, 0.3) is 0 Å². The average Bonchev–Trinajstić information content (AvgIpc) is 2.88. The largest absolute Gasteiger partial charge is 0.327 e. The summed E-state index contributed by atoms with van der Waals surface area (Å²) >= 11 is 0. The Morgan fingerprint density at radius 2 is 2.04 bits per heavy atom. The fourth-order valence-corrected chi connectivity index (χ4v) is 3.10. The number of rotatable bonds is 2. The van der Waals surface area contributed by atoms with E-state index < -0.39 is 0 Å². The number of hydrogen-bond donors (Lipinski definition) is 0. The zero-order valence-electron chi connectivity index (χ0n) is 12.9. The van der Waals surface area contributed by atoms with Crippen LogP contribution in [0.2, 0.25) is 0 Å². The molecule has 0 unspecified atom stereocenters. The van der Waals surface area contributed by atoms with Crippen LogP contribution >= 0.6 is 0 Å². The van der Waals surface area contributed by atoms with E-state index in [1.807, 2.05) is 42.9 Å². The molecule has 0 aliphatic heterocycles. The molecule has 4 rings (SSSR count). The van der Waals surface area contributed by atoms with Gasteiger partial charge in [-0.25, -0.2) is 9.37 Å². The highest BCUT2D eigenvalue weighted by atomic mass is 19.1. The van der Waals surface area contributed by atoms with Crippen LogP contribution in [0.4, 0.5) is 4.39 Å². The quantitative estimate of drug-likeness (QED) is 0.564. The maximum absolute atomic E-state index is 14.2. The molecule has 114 valence electrons. The van der Waals surface area contributed by atoms with Gasteiger partial charge in [0.1, 0.15) is 11.5 Å². The highest BCUT2D eigenvalue weighted by Gasteiger charge is 2.16. The molecule has 0 aromatic carbocycles. The molecule has 23 heavy (non-hydrogen) atoms. The second-order valence-electron chi connectivity index (χ2n) is 5.52. The summed E-state index contributed by atoms with van der Waals surface area (Å²) in [5.74, 6) is -0.257. The van der Waals surface area contributed by atoms with Crippen LogP contribution in [0.1, 0.15) is 12.5 Å². The van der Waals surface area contributed by atoms with Crippen molar-refractivity contribution in [2.24, 2.45) is 7.05 Å². The SMILES string of the molecule is CCc1c(F)cnc2c1c1cc(-c3cccnc3)ncc1n2C. The Labute approximate surface area is 132 Å². The lowest BCUT2D eigenvalue weighted by atomic mass is 10.1. The summed E-state index contributed by atoms with van der Waals surface area (Å²) in [4.78, 5) is 12.9. The van der Waals surface area contributed by atoms with Crippen molar-refractivity contribution in [3.63, 3.8) is 0 Å². The molecule has 0 N–H and O–H groups in total. The lowest BCUT2D eigenvalue weighted by Gasteiger charge is -2.03. The summed E-state index contributed by atoms with van der Waals surface area (Å²) in [6.07, 6.45) is 7.24. The van der Waals surface area contributed by atoms with E-state index in [-0.39, 0.29) is 5.82 Å². The first-order valence-corrected chi connectivity index (χ1v) is 7.52. The van der Waals surface area contributed by atoms with Crippen molar-refractivity contribution in [1.29, 1.82) is 0 Å². The van der Waals surface area contributed by atoms with Crippen LogP contribution in [0.25, 0.3) is 33.2 Å². The van der Waals surface area contributed by atoms with Crippen molar-refractivity contribution in [2.45, 2.75) is 13.3 Å². The van der Waals surface area contributed by atoms with Crippen molar-refractivity contribution in [1.82, 2.24) is 19.5 Å². The summed E-state index contributed by atoms with van der Waals surface area (Å²) in [5.41, 5.74) is 4.19. The minimum absolute atomic E-state index is 0.257. The van der Waals surface area contributed by atoms with Crippen LogP contribution in [-0.4, -0.2) is 19.5 Å². The van der Waals surface area contributed by atoms with E-state index in [1.54, 1.807) is 12.4 Å². The van der Waals surface area contributed by atoms with Gasteiger partial charge < -0.3 is 4.57 Å². The van der Waals surface area contributed by atoms with Gasteiger partial charge in [0.15, 0.2) is 0 Å². The molecule has 0 spiro atoms. The smallest absolute Gasteiger partial charge is 0.145 e. The third-order valence-corrected chi connectivity index (χ3v) is 4.26. The van der Waals surface area contributed by atoms with Crippen molar-refractivity contribution in [2.75, 3.05) is 0 Å². The van der Waals surface area contributed by atoms with Crippen LogP contribution in [0.5, 0.6) is 0 Å². The molecule has 0 radical (unpaired) electrons. The van der Waals surface area contributed by atoms with Gasteiger partial charge in [0.05, 0.1) is 23.6 Å². The molecule has 0 amide bonds. The van der Waals surface area contributed by atoms with E-state index in [0.717, 1.165) is 33.2 Å². The number of halogens is 1. The van der Waals surface area contributed by atoms with Gasteiger partial charge in [-0.15, -0.1) is 0 Å². The average molecular weight is 306 g/mol. The first-order valence-electron chi connectivity index (χ1n) is 7.52. The molecule has 0 aliphatic carbocycles. The molecular formula is C18H15FN4. The predicted octanol–water partition coefficient (Wildman–Crippen LogP) is 3.89. The Kier molecular flexibility index (Phi) is 3.08. The highest BCUT2D eigenvalue weighted by Crippen LogP contribution is 2.32. The van der Waals surface area contributed by atoms with Crippen LogP contribution in [0, 0.1) is 5.82 Å². The van der Waals surface area contributed by atoms with E-state index >= 15 is 0 Å². The molecule has 0 bridgehead atoms. The third kappa shape index (κ3) is 2.00. The summed E-state index contributed by atoms with van der Waals surface area (Å²) in [7, 11) is 1.93. The molecule has 4 aromatic rings. The zero-order valence-corrected chi connectivity index (χ0v) is 12.9. The van der Waals surface area contributed by atoms with Crippen LogP contribution in [0.15, 0.2) is 43.0 Å². The topological polar surface area (TPSA) is 43.6 Å². The number of fused-ring (bicyclic) bond motifs is 3.